The molecular formula is C22H22N4OS. The van der Waals surface area contributed by atoms with Crippen molar-refractivity contribution < 1.29 is 4.74 Å². The van der Waals surface area contributed by atoms with E-state index in [-0.39, 0.29) is 5.25 Å². The number of hydrogen-bond donors (Lipinski definition) is 0. The van der Waals surface area contributed by atoms with E-state index in [9.17, 15) is 5.26 Å². The van der Waals surface area contributed by atoms with Gasteiger partial charge in [-0.25, -0.2) is 0 Å². The zero-order valence-corrected chi connectivity index (χ0v) is 16.8. The average Bonchev–Trinajstić information content (AvgIpc) is 3.11. The SMILES string of the molecule is C=CCn1c(S[C@H](C#N)Cc2ccc(C)cc2)nnc1-c1ccccc1OC. The van der Waals surface area contributed by atoms with Crippen LogP contribution >= 0.6 is 11.8 Å². The first-order valence-corrected chi connectivity index (χ1v) is 9.83. The van der Waals surface area contributed by atoms with Crippen LogP contribution in [0, 0.1) is 18.3 Å². The maximum absolute atomic E-state index is 9.66. The number of nitrogens with zero attached hydrogens (tertiary/aromatic N) is 4. The Balaban J connectivity index is 1.89. The Morgan fingerprint density at radius 1 is 1.21 bits per heavy atom. The maximum Gasteiger partial charge on any atom is 0.193 e. The van der Waals surface area contributed by atoms with E-state index in [0.29, 0.717) is 23.9 Å². The Morgan fingerprint density at radius 3 is 2.64 bits per heavy atom. The van der Waals surface area contributed by atoms with E-state index in [1.54, 1.807) is 13.2 Å². The molecule has 0 saturated heterocycles. The van der Waals surface area contributed by atoms with Crippen LogP contribution in [0.1, 0.15) is 11.1 Å². The van der Waals surface area contributed by atoms with Crippen LogP contribution in [0.3, 0.4) is 0 Å². The fraction of sp³-hybridized carbons (Fsp3) is 0.227. The van der Waals surface area contributed by atoms with Crippen LogP contribution in [0.15, 0.2) is 66.3 Å². The van der Waals surface area contributed by atoms with Gasteiger partial charge in [-0.1, -0.05) is 59.8 Å². The number of hydrogen-bond acceptors (Lipinski definition) is 5. The zero-order valence-electron chi connectivity index (χ0n) is 16.0. The topological polar surface area (TPSA) is 63.7 Å². The van der Waals surface area contributed by atoms with Gasteiger partial charge in [0.15, 0.2) is 11.0 Å². The minimum absolute atomic E-state index is 0.263. The van der Waals surface area contributed by atoms with Gasteiger partial charge in [0, 0.05) is 6.54 Å². The third-order valence-electron chi connectivity index (χ3n) is 4.31. The van der Waals surface area contributed by atoms with Crippen LogP contribution in [0.25, 0.3) is 11.4 Å². The summed E-state index contributed by atoms with van der Waals surface area (Å²) in [7, 11) is 1.63. The molecule has 6 heteroatoms. The highest BCUT2D eigenvalue weighted by atomic mass is 32.2. The zero-order chi connectivity index (χ0) is 19.9. The summed E-state index contributed by atoms with van der Waals surface area (Å²) in [5.41, 5.74) is 3.19. The van der Waals surface area contributed by atoms with Crippen molar-refractivity contribution in [3.63, 3.8) is 0 Å². The van der Waals surface area contributed by atoms with Gasteiger partial charge in [-0.2, -0.15) is 5.26 Å². The minimum Gasteiger partial charge on any atom is -0.496 e. The number of aryl methyl sites for hydroxylation is 1. The maximum atomic E-state index is 9.66. The normalized spacial score (nSPS) is 11.6. The van der Waals surface area contributed by atoms with Crippen molar-refractivity contribution in [2.45, 2.75) is 30.3 Å². The van der Waals surface area contributed by atoms with Gasteiger partial charge in [0.05, 0.1) is 18.7 Å². The molecule has 0 aliphatic heterocycles. The summed E-state index contributed by atoms with van der Waals surface area (Å²) in [6, 6.07) is 18.3. The van der Waals surface area contributed by atoms with Crippen LogP contribution in [0.4, 0.5) is 0 Å². The van der Waals surface area contributed by atoms with Crippen LogP contribution in [-0.4, -0.2) is 27.1 Å². The molecule has 0 fully saturated rings. The Morgan fingerprint density at radius 2 is 1.96 bits per heavy atom. The smallest absolute Gasteiger partial charge is 0.193 e. The summed E-state index contributed by atoms with van der Waals surface area (Å²) in [6.45, 7) is 6.45. The molecule has 0 spiro atoms. The van der Waals surface area contributed by atoms with Gasteiger partial charge in [-0.15, -0.1) is 16.8 Å². The molecule has 0 N–H and O–H groups in total. The van der Waals surface area contributed by atoms with Crippen LogP contribution < -0.4 is 4.74 Å². The number of nitriles is 1. The molecule has 0 unspecified atom stereocenters. The first-order chi connectivity index (χ1) is 13.7. The molecule has 0 aliphatic rings. The standard InChI is InChI=1S/C22H22N4OS/c1-4-13-26-21(19-7-5-6-8-20(19)27-3)24-25-22(26)28-18(15-23)14-17-11-9-16(2)10-12-17/h4-12,18H,1,13-14H2,2-3H3/t18-/m0/s1. The first kappa shape index (κ1) is 19.7. The van der Waals surface area contributed by atoms with E-state index in [4.69, 9.17) is 4.74 Å². The highest BCUT2D eigenvalue weighted by molar-refractivity contribution is 8.00. The molecule has 1 heterocycles. The molecule has 0 aliphatic carbocycles. The van der Waals surface area contributed by atoms with Gasteiger partial charge < -0.3 is 4.74 Å². The lowest BCUT2D eigenvalue weighted by Gasteiger charge is -2.12. The fourth-order valence-electron chi connectivity index (χ4n) is 2.88. The molecule has 2 aromatic carbocycles. The van der Waals surface area contributed by atoms with Gasteiger partial charge in [-0.3, -0.25) is 4.57 Å². The van der Waals surface area contributed by atoms with Crippen molar-refractivity contribution in [1.82, 2.24) is 14.8 Å². The Kier molecular flexibility index (Phi) is 6.51. The second-order valence-electron chi connectivity index (χ2n) is 6.33. The van der Waals surface area contributed by atoms with E-state index in [2.05, 4.69) is 54.0 Å². The molecule has 5 nitrogen and oxygen atoms in total. The van der Waals surface area contributed by atoms with Gasteiger partial charge in [0.2, 0.25) is 0 Å². The molecule has 3 aromatic rings. The van der Waals surface area contributed by atoms with Crippen LogP contribution in [0.5, 0.6) is 5.75 Å². The lowest BCUT2D eigenvalue weighted by atomic mass is 10.1. The van der Waals surface area contributed by atoms with Crippen molar-refractivity contribution in [3.8, 4) is 23.2 Å². The summed E-state index contributed by atoms with van der Waals surface area (Å²) in [5.74, 6) is 1.43. The molecule has 3 rings (SSSR count). The number of rotatable bonds is 8. The summed E-state index contributed by atoms with van der Waals surface area (Å²) in [4.78, 5) is 0. The molecule has 1 atom stereocenters. The number of allylic oxidation sites excluding steroid dienone is 1. The van der Waals surface area contributed by atoms with E-state index < -0.39 is 0 Å². The molecule has 0 amide bonds. The van der Waals surface area contributed by atoms with E-state index in [1.165, 1.54) is 17.3 Å². The predicted molar refractivity (Wildman–Crippen MR) is 112 cm³/mol. The lowest BCUT2D eigenvalue weighted by Crippen LogP contribution is -2.08. The number of aromatic nitrogens is 3. The highest BCUT2D eigenvalue weighted by Gasteiger charge is 2.20. The third-order valence-corrected chi connectivity index (χ3v) is 5.38. The monoisotopic (exact) mass is 390 g/mol. The van der Waals surface area contributed by atoms with E-state index in [1.807, 2.05) is 28.8 Å². The van der Waals surface area contributed by atoms with Crippen LogP contribution in [-0.2, 0) is 13.0 Å². The summed E-state index contributed by atoms with van der Waals surface area (Å²) >= 11 is 1.42. The minimum atomic E-state index is -0.263. The summed E-state index contributed by atoms with van der Waals surface area (Å²) in [6.07, 6.45) is 2.44. The average molecular weight is 391 g/mol. The number of methoxy groups -OCH3 is 1. The van der Waals surface area contributed by atoms with Crippen molar-refractivity contribution in [1.29, 1.82) is 5.26 Å². The highest BCUT2D eigenvalue weighted by Crippen LogP contribution is 2.32. The summed E-state index contributed by atoms with van der Waals surface area (Å²) < 4.78 is 7.43. The number of para-hydroxylation sites is 1. The van der Waals surface area contributed by atoms with Crippen molar-refractivity contribution in [3.05, 3.63) is 72.3 Å². The number of benzene rings is 2. The fourth-order valence-corrected chi connectivity index (χ4v) is 3.84. The molecular weight excluding hydrogens is 368 g/mol. The Labute approximate surface area is 169 Å². The van der Waals surface area contributed by atoms with Crippen molar-refractivity contribution in [2.24, 2.45) is 0 Å². The van der Waals surface area contributed by atoms with E-state index >= 15 is 0 Å². The lowest BCUT2D eigenvalue weighted by molar-refractivity contribution is 0.416. The Hall–Kier alpha value is -3.04. The Bertz CT molecular complexity index is 989. The molecule has 0 saturated carbocycles. The van der Waals surface area contributed by atoms with Crippen LogP contribution in [0.2, 0.25) is 0 Å². The van der Waals surface area contributed by atoms with Gasteiger partial charge in [0.25, 0.3) is 0 Å². The molecule has 0 bridgehead atoms. The third kappa shape index (κ3) is 4.44. The largest absolute Gasteiger partial charge is 0.496 e. The van der Waals surface area contributed by atoms with Crippen molar-refractivity contribution >= 4 is 11.8 Å². The number of thioether (sulfide) groups is 1. The van der Waals surface area contributed by atoms with E-state index in [0.717, 1.165) is 16.9 Å². The second kappa shape index (κ2) is 9.25. The molecule has 28 heavy (non-hydrogen) atoms. The second-order valence-corrected chi connectivity index (χ2v) is 7.50. The molecule has 1 aromatic heterocycles. The summed E-state index contributed by atoms with van der Waals surface area (Å²) in [5, 5.41) is 18.8. The number of ether oxygens (including phenoxy) is 1. The van der Waals surface area contributed by atoms with Crippen molar-refractivity contribution in [2.75, 3.05) is 7.11 Å². The van der Waals surface area contributed by atoms with Gasteiger partial charge in [-0.05, 0) is 31.0 Å². The van der Waals surface area contributed by atoms with Gasteiger partial charge in [0.1, 0.15) is 11.0 Å². The van der Waals surface area contributed by atoms with Gasteiger partial charge >= 0.3 is 0 Å². The quantitative estimate of drug-likeness (QED) is 0.413. The predicted octanol–water partition coefficient (Wildman–Crippen LogP) is 4.68. The first-order valence-electron chi connectivity index (χ1n) is 8.95. The molecule has 0 radical (unpaired) electrons. The molecule has 142 valence electrons.